The number of carboxylic acid groups (broad SMARTS) is 1. The number of benzene rings is 2. The number of carbonyl (C=O) groups is 3. The number of halogens is 4. The number of piperazine rings is 1. The molecule has 0 aliphatic carbocycles. The number of hydrogen-bond acceptors (Lipinski definition) is 4. The van der Waals surface area contributed by atoms with Gasteiger partial charge >= 0.3 is 12.1 Å². The zero-order chi connectivity index (χ0) is 26.0. The Morgan fingerprint density at radius 1 is 1.09 bits per heavy atom. The lowest BCUT2D eigenvalue weighted by molar-refractivity contribution is -0.192. The Morgan fingerprint density at radius 2 is 1.71 bits per heavy atom. The second-order valence-electron chi connectivity index (χ2n) is 7.91. The van der Waals surface area contributed by atoms with Crippen LogP contribution in [0.4, 0.5) is 13.2 Å². The van der Waals surface area contributed by atoms with Gasteiger partial charge in [0.25, 0.3) is 5.91 Å². The Hall–Kier alpha value is -3.11. The van der Waals surface area contributed by atoms with Crippen LogP contribution >= 0.6 is 11.6 Å². The molecule has 3 rings (SSSR count). The van der Waals surface area contributed by atoms with E-state index in [1.165, 1.54) is 0 Å². The molecule has 2 N–H and O–H groups in total. The van der Waals surface area contributed by atoms with Crippen molar-refractivity contribution in [3.05, 3.63) is 70.2 Å². The zero-order valence-corrected chi connectivity index (χ0v) is 19.9. The predicted octanol–water partition coefficient (Wildman–Crippen LogP) is 3.75. The Bertz CT molecular complexity index is 1030. The van der Waals surface area contributed by atoms with Crippen molar-refractivity contribution in [3.8, 4) is 0 Å². The van der Waals surface area contributed by atoms with Crippen LogP contribution in [0.3, 0.4) is 0 Å². The van der Waals surface area contributed by atoms with Gasteiger partial charge in [0.15, 0.2) is 0 Å². The molecule has 7 nitrogen and oxygen atoms in total. The molecule has 1 heterocycles. The van der Waals surface area contributed by atoms with Crippen molar-refractivity contribution in [3.63, 3.8) is 0 Å². The summed E-state index contributed by atoms with van der Waals surface area (Å²) in [5.74, 6) is -2.74. The molecule has 0 atom stereocenters. The average molecular weight is 514 g/mol. The van der Waals surface area contributed by atoms with Gasteiger partial charge in [-0.2, -0.15) is 13.2 Å². The molecule has 0 radical (unpaired) electrons. The lowest BCUT2D eigenvalue weighted by atomic mass is 10.1. The fourth-order valence-corrected chi connectivity index (χ4v) is 3.58. The summed E-state index contributed by atoms with van der Waals surface area (Å²) in [6.07, 6.45) is -4.77. The van der Waals surface area contributed by atoms with Crippen molar-refractivity contribution < 1.29 is 32.7 Å². The molecule has 2 amide bonds. The van der Waals surface area contributed by atoms with E-state index in [4.69, 9.17) is 21.5 Å². The van der Waals surface area contributed by atoms with E-state index in [9.17, 15) is 22.8 Å². The fourth-order valence-electron chi connectivity index (χ4n) is 3.37. The molecule has 0 saturated carbocycles. The number of alkyl halides is 3. The molecule has 0 spiro atoms. The largest absolute Gasteiger partial charge is 0.490 e. The number of carboxylic acids is 1. The fraction of sp³-hybridized carbons (Fsp3) is 0.375. The summed E-state index contributed by atoms with van der Waals surface area (Å²) in [7, 11) is 0. The van der Waals surface area contributed by atoms with Crippen molar-refractivity contribution in [2.24, 2.45) is 0 Å². The Balaban J connectivity index is 0.000000540. The summed E-state index contributed by atoms with van der Waals surface area (Å²) >= 11 is 6.10. The number of rotatable bonds is 6. The van der Waals surface area contributed by atoms with E-state index in [0.29, 0.717) is 30.1 Å². The van der Waals surface area contributed by atoms with E-state index in [-0.39, 0.29) is 11.8 Å². The third-order valence-corrected chi connectivity index (χ3v) is 5.36. The molecular weight excluding hydrogens is 487 g/mol. The predicted molar refractivity (Wildman–Crippen MR) is 125 cm³/mol. The van der Waals surface area contributed by atoms with Crippen LogP contribution in [0.1, 0.15) is 27.9 Å². The molecule has 1 aliphatic rings. The first kappa shape index (κ1) is 28.1. The van der Waals surface area contributed by atoms with Crippen LogP contribution in [0.25, 0.3) is 0 Å². The van der Waals surface area contributed by atoms with Crippen LogP contribution in [0.2, 0.25) is 5.02 Å². The number of aryl methyl sites for hydroxylation is 1. The second kappa shape index (κ2) is 13.1. The topological polar surface area (TPSA) is 90.0 Å². The first-order valence-electron chi connectivity index (χ1n) is 10.9. The first-order chi connectivity index (χ1) is 16.5. The standard InChI is InChI=1S/C22H26ClN3O2.C2HF3O2/c1-17-4-2-6-19(14-17)22(28)26(16-18-5-3-7-20(23)15-18)11-8-21(27)25-12-9-24-10-13-25;3-2(4,5)1(6)7/h2-7,14-15,24H,8-13,16H2,1H3;(H,6,7). The number of nitrogens with one attached hydrogen (secondary N) is 1. The smallest absolute Gasteiger partial charge is 0.475 e. The molecule has 35 heavy (non-hydrogen) atoms. The van der Waals surface area contributed by atoms with Crippen LogP contribution in [0.5, 0.6) is 0 Å². The molecule has 0 unspecified atom stereocenters. The van der Waals surface area contributed by atoms with Crippen LogP contribution in [0, 0.1) is 6.92 Å². The summed E-state index contributed by atoms with van der Waals surface area (Å²) in [5, 5.41) is 11.0. The second-order valence-corrected chi connectivity index (χ2v) is 8.35. The van der Waals surface area contributed by atoms with Crippen molar-refractivity contribution in [2.75, 3.05) is 32.7 Å². The minimum Gasteiger partial charge on any atom is -0.475 e. The minimum atomic E-state index is -5.08. The van der Waals surface area contributed by atoms with E-state index in [0.717, 1.165) is 37.3 Å². The Kier molecular flexibility index (Phi) is 10.5. The van der Waals surface area contributed by atoms with Gasteiger partial charge in [-0.25, -0.2) is 4.79 Å². The Morgan fingerprint density at radius 3 is 2.29 bits per heavy atom. The lowest BCUT2D eigenvalue weighted by Crippen LogP contribution is -2.47. The van der Waals surface area contributed by atoms with Gasteiger partial charge in [-0.3, -0.25) is 9.59 Å². The molecule has 0 bridgehead atoms. The minimum absolute atomic E-state index is 0.0724. The number of carbonyl (C=O) groups excluding carboxylic acids is 2. The van der Waals surface area contributed by atoms with Crippen LogP contribution < -0.4 is 5.32 Å². The molecule has 1 fully saturated rings. The number of hydrogen-bond donors (Lipinski definition) is 2. The molecule has 0 aromatic heterocycles. The number of nitrogens with zero attached hydrogens (tertiary/aromatic N) is 2. The quantitative estimate of drug-likeness (QED) is 0.614. The van der Waals surface area contributed by atoms with Crippen molar-refractivity contribution in [2.45, 2.75) is 26.1 Å². The van der Waals surface area contributed by atoms with Gasteiger partial charge in [-0.05, 0) is 36.8 Å². The summed E-state index contributed by atoms with van der Waals surface area (Å²) in [5.41, 5.74) is 2.62. The molecule has 11 heteroatoms. The van der Waals surface area contributed by atoms with Crippen LogP contribution in [0.15, 0.2) is 48.5 Å². The third kappa shape index (κ3) is 9.58. The molecular formula is C24H27ClF3N3O4. The van der Waals surface area contributed by atoms with E-state index < -0.39 is 12.1 Å². The summed E-state index contributed by atoms with van der Waals surface area (Å²) in [4.78, 5) is 38.2. The number of amides is 2. The van der Waals surface area contributed by atoms with E-state index in [1.807, 2.05) is 60.4 Å². The maximum absolute atomic E-state index is 13.1. The number of aliphatic carboxylic acids is 1. The van der Waals surface area contributed by atoms with E-state index in [2.05, 4.69) is 5.32 Å². The van der Waals surface area contributed by atoms with Crippen molar-refractivity contribution >= 4 is 29.4 Å². The molecule has 1 aliphatic heterocycles. The van der Waals surface area contributed by atoms with Gasteiger partial charge in [0.1, 0.15) is 0 Å². The molecule has 2 aromatic carbocycles. The van der Waals surface area contributed by atoms with Gasteiger partial charge in [0, 0.05) is 56.3 Å². The molecule has 1 saturated heterocycles. The highest BCUT2D eigenvalue weighted by atomic mass is 35.5. The van der Waals surface area contributed by atoms with E-state index >= 15 is 0 Å². The van der Waals surface area contributed by atoms with Gasteiger partial charge in [-0.15, -0.1) is 0 Å². The summed E-state index contributed by atoms with van der Waals surface area (Å²) < 4.78 is 31.7. The third-order valence-electron chi connectivity index (χ3n) is 5.12. The maximum Gasteiger partial charge on any atom is 0.490 e. The first-order valence-corrected chi connectivity index (χ1v) is 11.2. The Labute approximate surface area is 206 Å². The van der Waals surface area contributed by atoms with Gasteiger partial charge in [-0.1, -0.05) is 41.4 Å². The van der Waals surface area contributed by atoms with Crippen molar-refractivity contribution in [1.29, 1.82) is 0 Å². The monoisotopic (exact) mass is 513 g/mol. The maximum atomic E-state index is 13.1. The summed E-state index contributed by atoms with van der Waals surface area (Å²) in [6.45, 7) is 5.84. The highest BCUT2D eigenvalue weighted by molar-refractivity contribution is 6.30. The van der Waals surface area contributed by atoms with Crippen molar-refractivity contribution in [1.82, 2.24) is 15.1 Å². The van der Waals surface area contributed by atoms with Crippen LogP contribution in [-0.4, -0.2) is 71.6 Å². The van der Waals surface area contributed by atoms with Crippen LogP contribution in [-0.2, 0) is 16.1 Å². The zero-order valence-electron chi connectivity index (χ0n) is 19.1. The van der Waals surface area contributed by atoms with E-state index in [1.54, 1.807) is 4.90 Å². The van der Waals surface area contributed by atoms with Gasteiger partial charge < -0.3 is 20.2 Å². The highest BCUT2D eigenvalue weighted by Crippen LogP contribution is 2.16. The lowest BCUT2D eigenvalue weighted by Gasteiger charge is -2.29. The highest BCUT2D eigenvalue weighted by Gasteiger charge is 2.38. The molecule has 2 aromatic rings. The molecule has 190 valence electrons. The van der Waals surface area contributed by atoms with Gasteiger partial charge in [0.2, 0.25) is 5.91 Å². The normalized spacial score (nSPS) is 13.5. The van der Waals surface area contributed by atoms with Gasteiger partial charge in [0.05, 0.1) is 0 Å². The SMILES string of the molecule is Cc1cccc(C(=O)N(CCC(=O)N2CCNCC2)Cc2cccc(Cl)c2)c1.O=C(O)C(F)(F)F. The summed E-state index contributed by atoms with van der Waals surface area (Å²) in [6, 6.07) is 15.0. The average Bonchev–Trinajstić information content (AvgIpc) is 2.81.